The van der Waals surface area contributed by atoms with Crippen LogP contribution in [0.4, 0.5) is 13.2 Å². The number of hydrogen-bond acceptors (Lipinski definition) is 4. The first-order valence-electron chi connectivity index (χ1n) is 8.36. The van der Waals surface area contributed by atoms with Crippen LogP contribution in [0, 0.1) is 6.92 Å². The minimum atomic E-state index is -5.08. The van der Waals surface area contributed by atoms with Crippen molar-refractivity contribution < 1.29 is 33.0 Å². The van der Waals surface area contributed by atoms with Crippen molar-refractivity contribution in [1.82, 2.24) is 9.78 Å². The normalized spacial score (nSPS) is 11.3. The molecule has 0 fully saturated rings. The molecule has 156 valence electrons. The maximum atomic E-state index is 11.7. The number of H-pyrrole nitrogens is 1. The van der Waals surface area contributed by atoms with E-state index in [0.717, 1.165) is 21.9 Å². The van der Waals surface area contributed by atoms with Gasteiger partial charge in [-0.1, -0.05) is 6.07 Å². The van der Waals surface area contributed by atoms with E-state index in [0.29, 0.717) is 24.9 Å². The number of aryl methyl sites for hydroxylation is 2. The number of rotatable bonds is 4. The molecule has 0 aliphatic rings. The van der Waals surface area contributed by atoms with E-state index in [4.69, 9.17) is 15.6 Å². The number of benzene rings is 2. The van der Waals surface area contributed by atoms with Crippen molar-refractivity contribution in [3.63, 3.8) is 0 Å². The predicted octanol–water partition coefficient (Wildman–Crippen LogP) is 2.47. The van der Waals surface area contributed by atoms with E-state index in [-0.39, 0.29) is 11.1 Å². The fourth-order valence-corrected chi connectivity index (χ4v) is 2.91. The second-order valence-corrected chi connectivity index (χ2v) is 6.19. The van der Waals surface area contributed by atoms with E-state index >= 15 is 0 Å². The molecule has 0 spiro atoms. The average Bonchev–Trinajstić information content (AvgIpc) is 2.99. The highest BCUT2D eigenvalue weighted by atomic mass is 19.4. The number of aromatic carboxylic acids is 1. The number of nitrogens with one attached hydrogen (secondary N) is 1. The summed E-state index contributed by atoms with van der Waals surface area (Å²) in [7, 11) is 0. The number of fused-ring (bicyclic) bond motifs is 3. The van der Waals surface area contributed by atoms with E-state index in [1.54, 1.807) is 16.8 Å². The van der Waals surface area contributed by atoms with Gasteiger partial charge in [-0.2, -0.15) is 13.2 Å². The Bertz CT molecular complexity index is 1130. The number of aliphatic carboxylic acids is 1. The van der Waals surface area contributed by atoms with Gasteiger partial charge in [-0.3, -0.25) is 14.6 Å². The number of aromatic amines is 1. The third-order valence-corrected chi connectivity index (χ3v) is 4.09. The van der Waals surface area contributed by atoms with Crippen LogP contribution in [0.3, 0.4) is 0 Å². The molecule has 0 saturated heterocycles. The van der Waals surface area contributed by atoms with Gasteiger partial charge in [0.05, 0.1) is 5.52 Å². The van der Waals surface area contributed by atoms with Gasteiger partial charge in [-0.25, -0.2) is 9.59 Å². The largest absolute Gasteiger partial charge is 0.490 e. The Morgan fingerprint density at radius 3 is 2.34 bits per heavy atom. The maximum Gasteiger partial charge on any atom is 0.490 e. The Labute approximate surface area is 161 Å². The number of hydrogen-bond donors (Lipinski definition) is 4. The van der Waals surface area contributed by atoms with Crippen LogP contribution in [0.5, 0.6) is 0 Å². The third kappa shape index (κ3) is 4.74. The van der Waals surface area contributed by atoms with Gasteiger partial charge < -0.3 is 15.9 Å². The van der Waals surface area contributed by atoms with Crippen molar-refractivity contribution in [2.75, 3.05) is 6.54 Å². The summed E-state index contributed by atoms with van der Waals surface area (Å²) in [6.07, 6.45) is -4.40. The Kier molecular flexibility index (Phi) is 6.32. The summed E-state index contributed by atoms with van der Waals surface area (Å²) in [4.78, 5) is 32.1. The highest BCUT2D eigenvalue weighted by Gasteiger charge is 2.38. The molecule has 0 aliphatic carbocycles. The molecule has 0 aliphatic heterocycles. The summed E-state index contributed by atoms with van der Waals surface area (Å²) in [6.45, 7) is 2.85. The van der Waals surface area contributed by atoms with E-state index in [9.17, 15) is 27.9 Å². The second-order valence-electron chi connectivity index (χ2n) is 6.19. The minimum Gasteiger partial charge on any atom is -0.477 e. The van der Waals surface area contributed by atoms with E-state index in [1.165, 1.54) is 6.07 Å². The minimum absolute atomic E-state index is 0.0627. The fraction of sp³-hybridized carbons (Fsp3) is 0.278. The molecular formula is C18H18F3N3O5. The van der Waals surface area contributed by atoms with Crippen LogP contribution in [-0.4, -0.2) is 44.7 Å². The number of nitrogens with zero attached hydrogens (tertiary/aromatic N) is 1. The first kappa shape index (κ1) is 22.0. The monoisotopic (exact) mass is 413 g/mol. The van der Waals surface area contributed by atoms with E-state index < -0.39 is 18.1 Å². The first-order chi connectivity index (χ1) is 13.5. The zero-order chi connectivity index (χ0) is 21.9. The molecule has 29 heavy (non-hydrogen) atoms. The number of carboxylic acid groups (broad SMARTS) is 2. The molecule has 1 heterocycles. The summed E-state index contributed by atoms with van der Waals surface area (Å²) in [6, 6.07) is 6.64. The number of carbonyl (C=O) groups is 2. The van der Waals surface area contributed by atoms with Crippen LogP contribution in [0.25, 0.3) is 21.7 Å². The van der Waals surface area contributed by atoms with Crippen LogP contribution >= 0.6 is 0 Å². The quantitative estimate of drug-likeness (QED) is 0.518. The molecule has 0 unspecified atom stereocenters. The number of halogens is 3. The van der Waals surface area contributed by atoms with Gasteiger partial charge in [0.1, 0.15) is 0 Å². The number of carboxylic acids is 2. The maximum absolute atomic E-state index is 11.7. The summed E-state index contributed by atoms with van der Waals surface area (Å²) in [5.74, 6) is -3.74. The lowest BCUT2D eigenvalue weighted by Crippen LogP contribution is -2.21. The van der Waals surface area contributed by atoms with E-state index in [2.05, 4.69) is 5.10 Å². The van der Waals surface area contributed by atoms with Crippen molar-refractivity contribution in [3.8, 4) is 0 Å². The van der Waals surface area contributed by atoms with Gasteiger partial charge in [-0.05, 0) is 49.0 Å². The van der Waals surface area contributed by atoms with Gasteiger partial charge in [0.25, 0.3) is 0 Å². The highest BCUT2D eigenvalue weighted by molar-refractivity contribution is 6.13. The van der Waals surface area contributed by atoms with Crippen molar-refractivity contribution >= 4 is 33.6 Å². The second kappa shape index (κ2) is 8.35. The third-order valence-electron chi connectivity index (χ3n) is 4.09. The fourth-order valence-electron chi connectivity index (χ4n) is 2.91. The van der Waals surface area contributed by atoms with Crippen LogP contribution < -0.4 is 11.2 Å². The average molecular weight is 413 g/mol. The standard InChI is InChI=1S/C16H17N3O3.C2HF3O2/c1-9-7-10-8-11(20)3-4-12(10)14-13(9)15(16(21)22)19(18-14)6-2-5-17;3-2(4,5)1(6)7/h3-4,7-8,18H,2,5-6,17H2,1H3,(H,21,22);(H,6,7). The summed E-state index contributed by atoms with van der Waals surface area (Å²) >= 11 is 0. The Morgan fingerprint density at radius 1 is 1.21 bits per heavy atom. The molecule has 0 radical (unpaired) electrons. The van der Waals surface area contributed by atoms with Crippen molar-refractivity contribution in [2.24, 2.45) is 5.73 Å². The molecule has 0 saturated carbocycles. The summed E-state index contributed by atoms with van der Waals surface area (Å²) in [5.41, 5.74) is 7.26. The van der Waals surface area contributed by atoms with Crippen molar-refractivity contribution in [3.05, 3.63) is 45.7 Å². The number of aromatic nitrogens is 2. The molecule has 3 aromatic rings. The van der Waals surface area contributed by atoms with Crippen LogP contribution in [-0.2, 0) is 11.3 Å². The predicted molar refractivity (Wildman–Crippen MR) is 99.1 cm³/mol. The molecule has 8 nitrogen and oxygen atoms in total. The lowest BCUT2D eigenvalue weighted by atomic mass is 10.0. The lowest BCUT2D eigenvalue weighted by Gasteiger charge is -2.04. The summed E-state index contributed by atoms with van der Waals surface area (Å²) < 4.78 is 33.4. The van der Waals surface area contributed by atoms with Gasteiger partial charge in [0.2, 0.25) is 0 Å². The molecule has 1 aromatic heterocycles. The first-order valence-corrected chi connectivity index (χ1v) is 8.36. The SMILES string of the molecule is Cc1cc2cc(=O)ccc2c2[nH]n(CCCN)c(C(=O)O)c12.O=C(O)C(F)(F)F. The molecule has 0 amide bonds. The van der Waals surface area contributed by atoms with Crippen LogP contribution in [0.2, 0.25) is 0 Å². The number of nitrogens with two attached hydrogens (primary N) is 1. The Morgan fingerprint density at radius 2 is 1.83 bits per heavy atom. The zero-order valence-electron chi connectivity index (χ0n) is 15.2. The Hall–Kier alpha value is -3.34. The van der Waals surface area contributed by atoms with Gasteiger partial charge in [0, 0.05) is 17.3 Å². The molecule has 2 aromatic carbocycles. The molecule has 5 N–H and O–H groups in total. The van der Waals surface area contributed by atoms with E-state index in [1.807, 2.05) is 13.0 Å². The molecule has 11 heteroatoms. The molecule has 0 bridgehead atoms. The lowest BCUT2D eigenvalue weighted by molar-refractivity contribution is -0.192. The molecule has 3 rings (SSSR count). The smallest absolute Gasteiger partial charge is 0.477 e. The van der Waals surface area contributed by atoms with Gasteiger partial charge >= 0.3 is 18.1 Å². The van der Waals surface area contributed by atoms with Crippen LogP contribution in [0.15, 0.2) is 29.1 Å². The van der Waals surface area contributed by atoms with Crippen LogP contribution in [0.1, 0.15) is 22.5 Å². The number of alkyl halides is 3. The van der Waals surface area contributed by atoms with Gasteiger partial charge in [0.15, 0.2) is 11.1 Å². The Balaban J connectivity index is 0.000000370. The van der Waals surface area contributed by atoms with Crippen molar-refractivity contribution in [1.29, 1.82) is 0 Å². The van der Waals surface area contributed by atoms with Gasteiger partial charge in [-0.15, -0.1) is 0 Å². The summed E-state index contributed by atoms with van der Waals surface area (Å²) in [5, 5.41) is 22.2. The molecular weight excluding hydrogens is 395 g/mol. The topological polar surface area (TPSA) is 138 Å². The highest BCUT2D eigenvalue weighted by Crippen LogP contribution is 2.30. The molecule has 0 atom stereocenters. The zero-order valence-corrected chi connectivity index (χ0v) is 15.2. The van der Waals surface area contributed by atoms with Crippen molar-refractivity contribution in [2.45, 2.75) is 26.1 Å².